The third-order valence-corrected chi connectivity index (χ3v) is 4.37. The van der Waals surface area contributed by atoms with Crippen molar-refractivity contribution < 1.29 is 4.74 Å². The second-order valence-electron chi connectivity index (χ2n) is 6.33. The van der Waals surface area contributed by atoms with Gasteiger partial charge in [0.1, 0.15) is 0 Å². The minimum atomic E-state index is 0.638. The number of hydrogen-bond donors (Lipinski definition) is 0. The van der Waals surface area contributed by atoms with Gasteiger partial charge in [-0.15, -0.1) is 0 Å². The molecule has 1 rings (SSSR count). The summed E-state index contributed by atoms with van der Waals surface area (Å²) < 4.78 is 5.70. The highest BCUT2D eigenvalue weighted by Gasteiger charge is 2.36. The highest BCUT2D eigenvalue weighted by atomic mass is 16.6. The number of epoxide rings is 1. The Morgan fingerprint density at radius 2 is 0.947 bits per heavy atom. The van der Waals surface area contributed by atoms with E-state index in [1.807, 2.05) is 0 Å². The Balaban J connectivity index is 1.71. The van der Waals surface area contributed by atoms with Gasteiger partial charge in [-0.25, -0.2) is 0 Å². The lowest BCUT2D eigenvalue weighted by Crippen LogP contribution is -1.94. The molecule has 0 radical (unpaired) electrons. The van der Waals surface area contributed by atoms with Crippen LogP contribution in [0, 0.1) is 0 Å². The van der Waals surface area contributed by atoms with E-state index in [2.05, 4.69) is 13.8 Å². The first-order chi connectivity index (χ1) is 9.38. The smallest absolute Gasteiger partial charge is 0.0841 e. The molecule has 0 aromatic rings. The highest BCUT2D eigenvalue weighted by Crippen LogP contribution is 2.31. The molecular formula is C18H36O. The lowest BCUT2D eigenvalue weighted by molar-refractivity contribution is 0.349. The summed E-state index contributed by atoms with van der Waals surface area (Å²) in [5.74, 6) is 0. The maximum absolute atomic E-state index is 5.70. The summed E-state index contributed by atoms with van der Waals surface area (Å²) >= 11 is 0. The van der Waals surface area contributed by atoms with Crippen molar-refractivity contribution in [3.05, 3.63) is 0 Å². The molecular weight excluding hydrogens is 232 g/mol. The summed E-state index contributed by atoms with van der Waals surface area (Å²) in [5, 5.41) is 0. The predicted octanol–water partition coefficient (Wildman–Crippen LogP) is 6.26. The van der Waals surface area contributed by atoms with Gasteiger partial charge >= 0.3 is 0 Å². The van der Waals surface area contributed by atoms with Crippen molar-refractivity contribution in [3.8, 4) is 0 Å². The van der Waals surface area contributed by atoms with Gasteiger partial charge in [0.05, 0.1) is 12.2 Å². The molecule has 1 aliphatic rings. The Hall–Kier alpha value is -0.0400. The van der Waals surface area contributed by atoms with Crippen molar-refractivity contribution in [1.82, 2.24) is 0 Å². The summed E-state index contributed by atoms with van der Waals surface area (Å²) in [4.78, 5) is 0. The van der Waals surface area contributed by atoms with Gasteiger partial charge in [0, 0.05) is 0 Å². The van der Waals surface area contributed by atoms with Crippen LogP contribution in [0.2, 0.25) is 0 Å². The summed E-state index contributed by atoms with van der Waals surface area (Å²) in [6, 6.07) is 0. The molecule has 0 spiro atoms. The maximum atomic E-state index is 5.70. The number of hydrogen-bond acceptors (Lipinski definition) is 1. The SMILES string of the molecule is CCCCCCCCCCCCC1OC1CCCC. The van der Waals surface area contributed by atoms with Crippen molar-refractivity contribution in [2.24, 2.45) is 0 Å². The standard InChI is InChI=1S/C18H36O/c1-3-5-7-8-9-10-11-12-13-14-16-18-17(19-18)15-6-4-2/h17-18H,3-16H2,1-2H3. The molecule has 1 aliphatic heterocycles. The van der Waals surface area contributed by atoms with E-state index in [0.717, 1.165) is 0 Å². The molecule has 0 saturated carbocycles. The summed E-state index contributed by atoms with van der Waals surface area (Å²) in [6.45, 7) is 4.55. The van der Waals surface area contributed by atoms with E-state index >= 15 is 0 Å². The largest absolute Gasteiger partial charge is 0.370 e. The fourth-order valence-corrected chi connectivity index (χ4v) is 2.93. The van der Waals surface area contributed by atoms with E-state index in [0.29, 0.717) is 12.2 Å². The molecule has 1 heterocycles. The van der Waals surface area contributed by atoms with Gasteiger partial charge < -0.3 is 4.74 Å². The fraction of sp³-hybridized carbons (Fsp3) is 1.00. The van der Waals surface area contributed by atoms with Gasteiger partial charge in [0.25, 0.3) is 0 Å². The summed E-state index contributed by atoms with van der Waals surface area (Å²) in [7, 11) is 0. The molecule has 114 valence electrons. The normalized spacial score (nSPS) is 21.8. The lowest BCUT2D eigenvalue weighted by atomic mass is 10.0. The van der Waals surface area contributed by atoms with E-state index in [9.17, 15) is 0 Å². The first-order valence-corrected chi connectivity index (χ1v) is 9.04. The monoisotopic (exact) mass is 268 g/mol. The van der Waals surface area contributed by atoms with Crippen LogP contribution in [0.5, 0.6) is 0 Å². The first-order valence-electron chi connectivity index (χ1n) is 9.04. The van der Waals surface area contributed by atoms with Gasteiger partial charge in [0.2, 0.25) is 0 Å². The Labute approximate surface area is 121 Å². The van der Waals surface area contributed by atoms with E-state index in [1.54, 1.807) is 0 Å². The lowest BCUT2D eigenvalue weighted by Gasteiger charge is -2.01. The van der Waals surface area contributed by atoms with Gasteiger partial charge in [-0.1, -0.05) is 90.9 Å². The Bertz CT molecular complexity index is 190. The van der Waals surface area contributed by atoms with Crippen molar-refractivity contribution in [2.45, 2.75) is 116 Å². The Morgan fingerprint density at radius 3 is 1.47 bits per heavy atom. The highest BCUT2D eigenvalue weighted by molar-refractivity contribution is 4.84. The molecule has 1 nitrogen and oxygen atoms in total. The molecule has 0 N–H and O–H groups in total. The van der Waals surface area contributed by atoms with Crippen LogP contribution in [0.25, 0.3) is 0 Å². The molecule has 1 saturated heterocycles. The van der Waals surface area contributed by atoms with Crippen molar-refractivity contribution in [3.63, 3.8) is 0 Å². The van der Waals surface area contributed by atoms with Gasteiger partial charge in [-0.3, -0.25) is 0 Å². The minimum absolute atomic E-state index is 0.638. The van der Waals surface area contributed by atoms with Gasteiger partial charge in [-0.05, 0) is 12.8 Å². The molecule has 2 unspecified atom stereocenters. The predicted molar refractivity (Wildman–Crippen MR) is 84.6 cm³/mol. The minimum Gasteiger partial charge on any atom is -0.370 e. The van der Waals surface area contributed by atoms with E-state index in [1.165, 1.54) is 89.9 Å². The third-order valence-electron chi connectivity index (χ3n) is 4.37. The van der Waals surface area contributed by atoms with Crippen LogP contribution in [-0.4, -0.2) is 12.2 Å². The number of ether oxygens (including phenoxy) is 1. The van der Waals surface area contributed by atoms with Crippen LogP contribution in [0.1, 0.15) is 104 Å². The van der Waals surface area contributed by atoms with Gasteiger partial charge in [-0.2, -0.15) is 0 Å². The topological polar surface area (TPSA) is 12.5 Å². The zero-order valence-corrected chi connectivity index (χ0v) is 13.5. The number of rotatable bonds is 14. The third kappa shape index (κ3) is 9.49. The molecule has 0 aromatic carbocycles. The zero-order chi connectivity index (χ0) is 13.8. The van der Waals surface area contributed by atoms with Crippen molar-refractivity contribution in [2.75, 3.05) is 0 Å². The van der Waals surface area contributed by atoms with Gasteiger partial charge in [0.15, 0.2) is 0 Å². The average molecular weight is 268 g/mol. The first kappa shape index (κ1) is 17.0. The summed E-state index contributed by atoms with van der Waals surface area (Å²) in [6.07, 6.45) is 20.9. The van der Waals surface area contributed by atoms with Crippen LogP contribution in [-0.2, 0) is 4.74 Å². The number of unbranched alkanes of at least 4 members (excludes halogenated alkanes) is 10. The van der Waals surface area contributed by atoms with E-state index in [-0.39, 0.29) is 0 Å². The van der Waals surface area contributed by atoms with Crippen molar-refractivity contribution >= 4 is 0 Å². The van der Waals surface area contributed by atoms with E-state index in [4.69, 9.17) is 4.74 Å². The maximum Gasteiger partial charge on any atom is 0.0841 e. The molecule has 0 aliphatic carbocycles. The van der Waals surface area contributed by atoms with Crippen LogP contribution in [0.4, 0.5) is 0 Å². The second-order valence-corrected chi connectivity index (χ2v) is 6.33. The Morgan fingerprint density at radius 1 is 0.526 bits per heavy atom. The van der Waals surface area contributed by atoms with Crippen LogP contribution >= 0.6 is 0 Å². The fourth-order valence-electron chi connectivity index (χ4n) is 2.93. The molecule has 2 atom stereocenters. The van der Waals surface area contributed by atoms with Crippen LogP contribution < -0.4 is 0 Å². The summed E-state index contributed by atoms with van der Waals surface area (Å²) in [5.41, 5.74) is 0. The zero-order valence-electron chi connectivity index (χ0n) is 13.5. The molecule has 1 heteroatoms. The van der Waals surface area contributed by atoms with E-state index < -0.39 is 0 Å². The molecule has 0 aromatic heterocycles. The molecule has 1 fully saturated rings. The molecule has 0 amide bonds. The molecule has 0 bridgehead atoms. The van der Waals surface area contributed by atoms with Crippen LogP contribution in [0.15, 0.2) is 0 Å². The average Bonchev–Trinajstić information content (AvgIpc) is 3.17. The van der Waals surface area contributed by atoms with Crippen LogP contribution in [0.3, 0.4) is 0 Å². The second kappa shape index (κ2) is 11.8. The Kier molecular flexibility index (Phi) is 10.5. The van der Waals surface area contributed by atoms with Crippen molar-refractivity contribution in [1.29, 1.82) is 0 Å². The quantitative estimate of drug-likeness (QED) is 0.268. The molecule has 19 heavy (non-hydrogen) atoms.